The first-order valence-electron chi connectivity index (χ1n) is 13.2. The lowest BCUT2D eigenvalue weighted by molar-refractivity contribution is 0.555. The van der Waals surface area contributed by atoms with Crippen molar-refractivity contribution < 1.29 is 0 Å². The summed E-state index contributed by atoms with van der Waals surface area (Å²) in [5, 5.41) is 0. The summed E-state index contributed by atoms with van der Waals surface area (Å²) in [6.45, 7) is 21.4. The van der Waals surface area contributed by atoms with Gasteiger partial charge in [-0.05, 0) is 66.3 Å². The molecule has 0 heterocycles. The van der Waals surface area contributed by atoms with Crippen molar-refractivity contribution in [1.82, 2.24) is 0 Å². The molecule has 0 radical (unpaired) electrons. The maximum atomic E-state index is 2.38. The van der Waals surface area contributed by atoms with Gasteiger partial charge < -0.3 is 0 Å². The highest BCUT2D eigenvalue weighted by atomic mass is 14.4. The SMILES string of the molecule is CC(C)(C)c1c(-c2ccccc2)c(C(C)(C)C)c(-c2ccccc2)c(C(C)(C)C)c1-c1ccccc1. The van der Waals surface area contributed by atoms with Crippen LogP contribution in [0.15, 0.2) is 91.0 Å². The topological polar surface area (TPSA) is 0 Å². The zero-order valence-electron chi connectivity index (χ0n) is 23.7. The van der Waals surface area contributed by atoms with Gasteiger partial charge in [-0.3, -0.25) is 0 Å². The van der Waals surface area contributed by atoms with Crippen LogP contribution in [0.4, 0.5) is 0 Å². The summed E-state index contributed by atoms with van der Waals surface area (Å²) in [5.74, 6) is 0. The molecule has 186 valence electrons. The highest BCUT2D eigenvalue weighted by Gasteiger charge is 2.38. The Morgan fingerprint density at radius 2 is 0.500 bits per heavy atom. The lowest BCUT2D eigenvalue weighted by atomic mass is 9.63. The second-order valence-electron chi connectivity index (χ2n) is 13.1. The molecule has 0 fully saturated rings. The standard InChI is InChI=1S/C36H42/c1-34(2,3)31-28(25-19-13-10-14-20-25)32(35(4,5)6)30(27-23-17-12-18-24-27)33(36(7,8)9)29(31)26-21-15-11-16-22-26/h10-24H,1-9H3. The van der Waals surface area contributed by atoms with Gasteiger partial charge >= 0.3 is 0 Å². The van der Waals surface area contributed by atoms with E-state index >= 15 is 0 Å². The molecule has 0 aliphatic rings. The van der Waals surface area contributed by atoms with Gasteiger partial charge in [0.25, 0.3) is 0 Å². The Balaban J connectivity index is 2.43. The number of hydrogen-bond donors (Lipinski definition) is 0. The minimum absolute atomic E-state index is 0.0639. The van der Waals surface area contributed by atoms with Crippen molar-refractivity contribution >= 4 is 0 Å². The molecule has 0 heteroatoms. The van der Waals surface area contributed by atoms with E-state index in [0.717, 1.165) is 0 Å². The molecule has 0 N–H and O–H groups in total. The third-order valence-corrected chi connectivity index (χ3v) is 6.94. The van der Waals surface area contributed by atoms with Gasteiger partial charge in [0, 0.05) is 0 Å². The van der Waals surface area contributed by atoms with Gasteiger partial charge in [0.2, 0.25) is 0 Å². The van der Waals surface area contributed by atoms with Crippen LogP contribution in [0.2, 0.25) is 0 Å². The Morgan fingerprint density at radius 3 is 0.667 bits per heavy atom. The Kier molecular flexibility index (Phi) is 6.78. The van der Waals surface area contributed by atoms with Gasteiger partial charge in [0.15, 0.2) is 0 Å². The fourth-order valence-corrected chi connectivity index (χ4v) is 5.68. The smallest absolute Gasteiger partial charge is 0.00965 e. The molecule has 0 atom stereocenters. The molecule has 0 aliphatic heterocycles. The Morgan fingerprint density at radius 1 is 0.306 bits per heavy atom. The third kappa shape index (κ3) is 4.92. The quantitative estimate of drug-likeness (QED) is 0.277. The molecular weight excluding hydrogens is 432 g/mol. The van der Waals surface area contributed by atoms with E-state index in [2.05, 4.69) is 153 Å². The van der Waals surface area contributed by atoms with E-state index in [4.69, 9.17) is 0 Å². The van der Waals surface area contributed by atoms with E-state index in [1.807, 2.05) is 0 Å². The predicted octanol–water partition coefficient (Wildman–Crippen LogP) is 10.6. The Hall–Kier alpha value is -3.12. The van der Waals surface area contributed by atoms with Crippen molar-refractivity contribution in [2.45, 2.75) is 78.6 Å². The van der Waals surface area contributed by atoms with Crippen LogP contribution >= 0.6 is 0 Å². The molecule has 4 aromatic carbocycles. The van der Waals surface area contributed by atoms with Crippen molar-refractivity contribution in [2.75, 3.05) is 0 Å². The molecule has 36 heavy (non-hydrogen) atoms. The van der Waals surface area contributed by atoms with Crippen molar-refractivity contribution in [2.24, 2.45) is 0 Å². The number of benzene rings is 4. The van der Waals surface area contributed by atoms with Gasteiger partial charge in [-0.2, -0.15) is 0 Å². The lowest BCUT2D eigenvalue weighted by Gasteiger charge is -2.40. The second-order valence-corrected chi connectivity index (χ2v) is 13.1. The van der Waals surface area contributed by atoms with Gasteiger partial charge in [-0.15, -0.1) is 0 Å². The molecule has 0 amide bonds. The van der Waals surface area contributed by atoms with Crippen LogP contribution in [0.1, 0.15) is 79.0 Å². The van der Waals surface area contributed by atoms with Gasteiger partial charge in [0.1, 0.15) is 0 Å². The van der Waals surface area contributed by atoms with Crippen LogP contribution in [-0.2, 0) is 16.2 Å². The van der Waals surface area contributed by atoms with Crippen LogP contribution in [0.5, 0.6) is 0 Å². The summed E-state index contributed by atoms with van der Waals surface area (Å²) < 4.78 is 0. The molecule has 0 aromatic heterocycles. The highest BCUT2D eigenvalue weighted by Crippen LogP contribution is 2.54. The van der Waals surface area contributed by atoms with Crippen LogP contribution in [0.3, 0.4) is 0 Å². The maximum absolute atomic E-state index is 2.38. The molecule has 0 unspecified atom stereocenters. The van der Waals surface area contributed by atoms with Crippen molar-refractivity contribution in [1.29, 1.82) is 0 Å². The van der Waals surface area contributed by atoms with Crippen molar-refractivity contribution in [3.05, 3.63) is 108 Å². The molecule has 0 saturated heterocycles. The zero-order chi connectivity index (χ0) is 26.3. The molecule has 0 spiro atoms. The second kappa shape index (κ2) is 9.40. The van der Waals surface area contributed by atoms with E-state index in [1.165, 1.54) is 50.1 Å². The first-order chi connectivity index (χ1) is 16.8. The first kappa shape index (κ1) is 26.0. The third-order valence-electron chi connectivity index (χ3n) is 6.94. The van der Waals surface area contributed by atoms with Gasteiger partial charge in [-0.1, -0.05) is 153 Å². The number of hydrogen-bond acceptors (Lipinski definition) is 0. The summed E-state index contributed by atoms with van der Waals surface area (Å²) >= 11 is 0. The largest absolute Gasteiger partial charge is 0.0622 e. The Labute approximate surface area is 219 Å². The van der Waals surface area contributed by atoms with Gasteiger partial charge in [0.05, 0.1) is 0 Å². The van der Waals surface area contributed by atoms with E-state index < -0.39 is 0 Å². The number of rotatable bonds is 3. The normalized spacial score (nSPS) is 12.6. The van der Waals surface area contributed by atoms with Crippen LogP contribution in [0.25, 0.3) is 33.4 Å². The molecule has 0 bridgehead atoms. The lowest BCUT2D eigenvalue weighted by Crippen LogP contribution is -2.27. The molecule has 4 rings (SSSR count). The molecule has 4 aromatic rings. The van der Waals surface area contributed by atoms with Crippen LogP contribution < -0.4 is 0 Å². The minimum atomic E-state index is -0.0639. The summed E-state index contributed by atoms with van der Waals surface area (Å²) in [4.78, 5) is 0. The average molecular weight is 475 g/mol. The van der Waals surface area contributed by atoms with Crippen molar-refractivity contribution in [3.8, 4) is 33.4 Å². The minimum Gasteiger partial charge on any atom is -0.0622 e. The van der Waals surface area contributed by atoms with E-state index in [0.29, 0.717) is 0 Å². The maximum Gasteiger partial charge on any atom is -0.00965 e. The summed E-state index contributed by atoms with van der Waals surface area (Å²) in [6, 6.07) is 33.2. The van der Waals surface area contributed by atoms with Crippen molar-refractivity contribution in [3.63, 3.8) is 0 Å². The summed E-state index contributed by atoms with van der Waals surface area (Å²) in [6.07, 6.45) is 0. The van der Waals surface area contributed by atoms with E-state index in [-0.39, 0.29) is 16.2 Å². The van der Waals surface area contributed by atoms with Crippen LogP contribution in [-0.4, -0.2) is 0 Å². The first-order valence-corrected chi connectivity index (χ1v) is 13.2. The summed E-state index contributed by atoms with van der Waals surface area (Å²) in [5.41, 5.74) is 12.2. The monoisotopic (exact) mass is 474 g/mol. The highest BCUT2D eigenvalue weighted by molar-refractivity contribution is 5.94. The molecule has 0 nitrogen and oxygen atoms in total. The fourth-order valence-electron chi connectivity index (χ4n) is 5.68. The van der Waals surface area contributed by atoms with Crippen LogP contribution in [0, 0.1) is 0 Å². The predicted molar refractivity (Wildman–Crippen MR) is 159 cm³/mol. The summed E-state index contributed by atoms with van der Waals surface area (Å²) in [7, 11) is 0. The van der Waals surface area contributed by atoms with Gasteiger partial charge in [-0.25, -0.2) is 0 Å². The van der Waals surface area contributed by atoms with E-state index in [1.54, 1.807) is 0 Å². The fraction of sp³-hybridized carbons (Fsp3) is 0.333. The molecule has 0 aliphatic carbocycles. The Bertz CT molecular complexity index is 1130. The molecular formula is C36H42. The van der Waals surface area contributed by atoms with E-state index in [9.17, 15) is 0 Å². The zero-order valence-corrected chi connectivity index (χ0v) is 23.7. The average Bonchev–Trinajstić information content (AvgIpc) is 2.82. The molecule has 0 saturated carbocycles.